The monoisotopic (exact) mass is 965 g/mol. The van der Waals surface area contributed by atoms with Crippen molar-refractivity contribution in [2.75, 3.05) is 13.2 Å². The van der Waals surface area contributed by atoms with Crippen molar-refractivity contribution in [3.63, 3.8) is 0 Å². The van der Waals surface area contributed by atoms with Crippen LogP contribution in [0.5, 0.6) is 0 Å². The van der Waals surface area contributed by atoms with Crippen LogP contribution in [0.1, 0.15) is 303 Å². The van der Waals surface area contributed by atoms with Crippen molar-refractivity contribution in [3.05, 3.63) is 60.8 Å². The third-order valence-electron chi connectivity index (χ3n) is 13.0. The Kier molecular flexibility index (Phi) is 55.3. The molecule has 400 valence electrons. The van der Waals surface area contributed by atoms with Gasteiger partial charge in [0.25, 0.3) is 0 Å². The SMILES string of the molecule is CCCCCCCC/C=C\CCCCCCCCCC(=O)OC(COC(=O)CCCCC/C=C\C=C/CCCCCCCCC)COC(=O)CCCCCCC/C=C\C=C/CCCCCCCCC. The van der Waals surface area contributed by atoms with Crippen molar-refractivity contribution in [3.8, 4) is 0 Å². The number of hydrogen-bond donors (Lipinski definition) is 0. The highest BCUT2D eigenvalue weighted by Gasteiger charge is 2.19. The van der Waals surface area contributed by atoms with E-state index >= 15 is 0 Å². The standard InChI is InChI=1S/C63H112O6/c1-4-7-10-13-16-19-22-25-28-31-33-35-38-41-44-47-50-53-56-62(65)68-59-60(58-67-61(64)55-52-49-46-43-40-37-34-30-27-24-21-18-15-12-9-6-3)69-63(66)57-54-51-48-45-42-39-36-32-29-26-23-20-17-14-11-8-5-2/h26,28-31,33-35,37,40,60H,4-25,27,32,36,38-39,41-59H2,1-3H3/b29-26-,31-28-,34-30-,35-33-,40-37-. The number of rotatable bonds is 54. The van der Waals surface area contributed by atoms with Gasteiger partial charge in [-0.05, 0) is 96.3 Å². The van der Waals surface area contributed by atoms with Gasteiger partial charge < -0.3 is 14.2 Å². The Morgan fingerprint density at radius 1 is 0.290 bits per heavy atom. The Morgan fingerprint density at radius 3 is 0.826 bits per heavy atom. The van der Waals surface area contributed by atoms with Crippen molar-refractivity contribution >= 4 is 17.9 Å². The van der Waals surface area contributed by atoms with E-state index in [0.717, 1.165) is 89.9 Å². The molecule has 0 aromatic carbocycles. The molecule has 0 aliphatic rings. The molecule has 1 unspecified atom stereocenters. The maximum atomic E-state index is 12.9. The van der Waals surface area contributed by atoms with Gasteiger partial charge in [0.05, 0.1) is 0 Å². The van der Waals surface area contributed by atoms with Crippen LogP contribution in [0.4, 0.5) is 0 Å². The van der Waals surface area contributed by atoms with Crippen LogP contribution in [0.15, 0.2) is 60.8 Å². The maximum absolute atomic E-state index is 12.9. The molecule has 0 saturated heterocycles. The van der Waals surface area contributed by atoms with E-state index in [1.54, 1.807) is 0 Å². The summed E-state index contributed by atoms with van der Waals surface area (Å²) in [5.74, 6) is -0.924. The lowest BCUT2D eigenvalue weighted by Gasteiger charge is -2.18. The highest BCUT2D eigenvalue weighted by atomic mass is 16.6. The summed E-state index contributed by atoms with van der Waals surface area (Å²) in [4.78, 5) is 38.2. The summed E-state index contributed by atoms with van der Waals surface area (Å²) in [6.45, 7) is 6.61. The Balaban J connectivity index is 4.44. The zero-order valence-electron chi connectivity index (χ0n) is 45.8. The summed E-state index contributed by atoms with van der Waals surface area (Å²) in [6.07, 6.45) is 72.1. The number of unbranched alkanes of at least 4 members (excludes halogenated alkanes) is 35. The molecule has 0 aromatic heterocycles. The summed E-state index contributed by atoms with van der Waals surface area (Å²) in [5, 5.41) is 0. The molecule has 6 heteroatoms. The van der Waals surface area contributed by atoms with Crippen LogP contribution in [0.3, 0.4) is 0 Å². The largest absolute Gasteiger partial charge is 0.462 e. The summed E-state index contributed by atoms with van der Waals surface area (Å²) in [5.41, 5.74) is 0. The predicted octanol–water partition coefficient (Wildman–Crippen LogP) is 20.0. The molecule has 69 heavy (non-hydrogen) atoms. The predicted molar refractivity (Wildman–Crippen MR) is 298 cm³/mol. The molecule has 0 amide bonds. The highest BCUT2D eigenvalue weighted by molar-refractivity contribution is 5.71. The number of esters is 3. The lowest BCUT2D eigenvalue weighted by Crippen LogP contribution is -2.30. The van der Waals surface area contributed by atoms with Gasteiger partial charge >= 0.3 is 17.9 Å². The zero-order valence-corrected chi connectivity index (χ0v) is 45.8. The minimum atomic E-state index is -0.794. The van der Waals surface area contributed by atoms with Crippen LogP contribution >= 0.6 is 0 Å². The van der Waals surface area contributed by atoms with Gasteiger partial charge in [-0.25, -0.2) is 0 Å². The fourth-order valence-electron chi connectivity index (χ4n) is 8.48. The third kappa shape index (κ3) is 55.9. The van der Waals surface area contributed by atoms with Crippen molar-refractivity contribution < 1.29 is 28.6 Å². The Bertz CT molecular complexity index is 1250. The Hall–Kier alpha value is -2.89. The number of allylic oxidation sites excluding steroid dienone is 10. The second kappa shape index (κ2) is 57.7. The Morgan fingerprint density at radius 2 is 0.522 bits per heavy atom. The molecular formula is C63H112O6. The fourth-order valence-corrected chi connectivity index (χ4v) is 8.48. The second-order valence-corrected chi connectivity index (χ2v) is 20.0. The van der Waals surface area contributed by atoms with Crippen LogP contribution in [-0.4, -0.2) is 37.2 Å². The van der Waals surface area contributed by atoms with Gasteiger partial charge in [0.15, 0.2) is 6.10 Å². The van der Waals surface area contributed by atoms with E-state index in [1.165, 1.54) is 173 Å². The fraction of sp³-hybridized carbons (Fsp3) is 0.794. The van der Waals surface area contributed by atoms with Crippen molar-refractivity contribution in [1.29, 1.82) is 0 Å². The summed E-state index contributed by atoms with van der Waals surface area (Å²) in [7, 11) is 0. The van der Waals surface area contributed by atoms with E-state index in [9.17, 15) is 14.4 Å². The topological polar surface area (TPSA) is 78.9 Å². The lowest BCUT2D eigenvalue weighted by atomic mass is 10.1. The van der Waals surface area contributed by atoms with Crippen LogP contribution in [0.2, 0.25) is 0 Å². The van der Waals surface area contributed by atoms with Crippen LogP contribution in [0.25, 0.3) is 0 Å². The summed E-state index contributed by atoms with van der Waals surface area (Å²) < 4.78 is 16.9. The number of ether oxygens (including phenoxy) is 3. The van der Waals surface area contributed by atoms with Gasteiger partial charge in [-0.15, -0.1) is 0 Å². The lowest BCUT2D eigenvalue weighted by molar-refractivity contribution is -0.167. The molecule has 1 atom stereocenters. The normalized spacial score (nSPS) is 12.4. The molecule has 0 fully saturated rings. The van der Waals surface area contributed by atoms with Crippen molar-refractivity contribution in [2.45, 2.75) is 309 Å². The van der Waals surface area contributed by atoms with Gasteiger partial charge in [0, 0.05) is 19.3 Å². The molecule has 0 aliphatic carbocycles. The van der Waals surface area contributed by atoms with Crippen molar-refractivity contribution in [1.82, 2.24) is 0 Å². The van der Waals surface area contributed by atoms with Gasteiger partial charge in [-0.3, -0.25) is 14.4 Å². The first kappa shape index (κ1) is 66.1. The van der Waals surface area contributed by atoms with Crippen LogP contribution < -0.4 is 0 Å². The molecule has 0 aromatic rings. The minimum absolute atomic E-state index is 0.0915. The molecule has 0 aliphatic heterocycles. The van der Waals surface area contributed by atoms with Gasteiger partial charge in [-0.2, -0.15) is 0 Å². The molecule has 0 bridgehead atoms. The number of carbonyl (C=O) groups is 3. The van der Waals surface area contributed by atoms with Gasteiger partial charge in [0.1, 0.15) is 13.2 Å². The van der Waals surface area contributed by atoms with Crippen LogP contribution in [0, 0.1) is 0 Å². The zero-order chi connectivity index (χ0) is 50.0. The molecule has 0 rings (SSSR count). The number of carbonyl (C=O) groups excluding carboxylic acids is 3. The van der Waals surface area contributed by atoms with E-state index in [-0.39, 0.29) is 31.1 Å². The molecule has 6 nitrogen and oxygen atoms in total. The molecule has 0 N–H and O–H groups in total. The van der Waals surface area contributed by atoms with Crippen molar-refractivity contribution in [2.24, 2.45) is 0 Å². The molecule has 0 saturated carbocycles. The first-order chi connectivity index (χ1) is 34.0. The van der Waals surface area contributed by atoms with E-state index in [4.69, 9.17) is 14.2 Å². The molecular weight excluding hydrogens is 853 g/mol. The van der Waals surface area contributed by atoms with E-state index in [0.29, 0.717) is 19.3 Å². The van der Waals surface area contributed by atoms with Gasteiger partial charge in [0.2, 0.25) is 0 Å². The van der Waals surface area contributed by atoms with Gasteiger partial charge in [-0.1, -0.05) is 248 Å². The number of hydrogen-bond acceptors (Lipinski definition) is 6. The third-order valence-corrected chi connectivity index (χ3v) is 13.0. The maximum Gasteiger partial charge on any atom is 0.306 e. The molecule has 0 spiro atoms. The summed E-state index contributed by atoms with van der Waals surface area (Å²) in [6, 6.07) is 0. The second-order valence-electron chi connectivity index (χ2n) is 20.0. The van der Waals surface area contributed by atoms with E-state index in [1.807, 2.05) is 0 Å². The molecule has 0 heterocycles. The highest BCUT2D eigenvalue weighted by Crippen LogP contribution is 2.15. The minimum Gasteiger partial charge on any atom is -0.462 e. The quantitative estimate of drug-likeness (QED) is 0.0199. The smallest absolute Gasteiger partial charge is 0.306 e. The van der Waals surface area contributed by atoms with Crippen LogP contribution in [-0.2, 0) is 28.6 Å². The average Bonchev–Trinajstić information content (AvgIpc) is 3.35. The Labute approximate surface area is 428 Å². The first-order valence-electron chi connectivity index (χ1n) is 29.8. The van der Waals surface area contributed by atoms with E-state index < -0.39 is 6.10 Å². The summed E-state index contributed by atoms with van der Waals surface area (Å²) >= 11 is 0. The molecule has 0 radical (unpaired) electrons. The average molecular weight is 966 g/mol. The first-order valence-corrected chi connectivity index (χ1v) is 29.8. The van der Waals surface area contributed by atoms with E-state index in [2.05, 4.69) is 81.5 Å².